The van der Waals surface area contributed by atoms with Gasteiger partial charge in [0.1, 0.15) is 16.9 Å². The number of nitrogens with one attached hydrogen (secondary N) is 2. The molecule has 0 bridgehead atoms. The fourth-order valence-corrected chi connectivity index (χ4v) is 3.20. The summed E-state index contributed by atoms with van der Waals surface area (Å²) >= 11 is 0. The Morgan fingerprint density at radius 2 is 2.18 bits per heavy atom. The number of pyridine rings is 1. The summed E-state index contributed by atoms with van der Waals surface area (Å²) in [4.78, 5) is 27.0. The van der Waals surface area contributed by atoms with Gasteiger partial charge >= 0.3 is 6.18 Å². The van der Waals surface area contributed by atoms with Gasteiger partial charge < -0.3 is 14.6 Å². The van der Waals surface area contributed by atoms with Crippen molar-refractivity contribution in [3.05, 3.63) is 35.1 Å². The SMILES string of the molecule is O=c1[nH]c(OCC(F)(F)F)nc2c(-c3cn(CC4CCNC4)cn3)nccc12. The number of hydrogen-bond acceptors (Lipinski definition) is 6. The molecule has 3 aromatic rings. The van der Waals surface area contributed by atoms with Gasteiger partial charge in [0.2, 0.25) is 0 Å². The Morgan fingerprint density at radius 1 is 1.32 bits per heavy atom. The van der Waals surface area contributed by atoms with Gasteiger partial charge in [-0.1, -0.05) is 0 Å². The summed E-state index contributed by atoms with van der Waals surface area (Å²) < 4.78 is 43.7. The van der Waals surface area contributed by atoms with Gasteiger partial charge in [0.15, 0.2) is 6.61 Å². The normalized spacial score (nSPS) is 17.3. The molecule has 28 heavy (non-hydrogen) atoms. The van der Waals surface area contributed by atoms with E-state index in [4.69, 9.17) is 0 Å². The van der Waals surface area contributed by atoms with Crippen LogP contribution < -0.4 is 15.6 Å². The first kappa shape index (κ1) is 18.4. The number of imidazole rings is 1. The number of alkyl halides is 3. The van der Waals surface area contributed by atoms with Crippen molar-refractivity contribution in [2.75, 3.05) is 19.7 Å². The van der Waals surface area contributed by atoms with Crippen molar-refractivity contribution in [2.24, 2.45) is 5.92 Å². The Balaban J connectivity index is 1.67. The molecule has 148 valence electrons. The predicted octanol–water partition coefficient (Wildman–Crippen LogP) is 1.73. The fraction of sp³-hybridized carbons (Fsp3) is 0.412. The van der Waals surface area contributed by atoms with Crippen LogP contribution in [0.2, 0.25) is 0 Å². The number of ether oxygens (including phenoxy) is 1. The first-order valence-electron chi connectivity index (χ1n) is 8.70. The second kappa shape index (κ2) is 7.23. The van der Waals surface area contributed by atoms with Gasteiger partial charge in [-0.15, -0.1) is 0 Å². The highest BCUT2D eigenvalue weighted by Gasteiger charge is 2.29. The summed E-state index contributed by atoms with van der Waals surface area (Å²) in [5.41, 5.74) is 0.318. The summed E-state index contributed by atoms with van der Waals surface area (Å²) in [5.74, 6) is 0.505. The fourth-order valence-electron chi connectivity index (χ4n) is 3.20. The standard InChI is InChI=1S/C17H17F3N6O2/c18-17(19,20)8-28-16-24-13-11(15(27)25-16)2-4-22-14(13)12-7-26(9-23-12)6-10-1-3-21-5-10/h2,4,7,9-10,21H,1,3,5-6,8H2,(H,24,25,27). The molecule has 0 saturated carbocycles. The second-order valence-electron chi connectivity index (χ2n) is 6.65. The van der Waals surface area contributed by atoms with E-state index in [-0.39, 0.29) is 10.9 Å². The third-order valence-corrected chi connectivity index (χ3v) is 4.48. The van der Waals surface area contributed by atoms with Crippen LogP contribution in [0.5, 0.6) is 6.01 Å². The average Bonchev–Trinajstić information content (AvgIpc) is 3.32. The minimum Gasteiger partial charge on any atom is -0.455 e. The molecule has 1 atom stereocenters. The van der Waals surface area contributed by atoms with Crippen molar-refractivity contribution in [2.45, 2.75) is 19.1 Å². The van der Waals surface area contributed by atoms with E-state index in [0.717, 1.165) is 26.1 Å². The van der Waals surface area contributed by atoms with Gasteiger partial charge in [-0.25, -0.2) is 4.98 Å². The minimum atomic E-state index is -4.54. The van der Waals surface area contributed by atoms with Crippen LogP contribution in [0.25, 0.3) is 22.3 Å². The van der Waals surface area contributed by atoms with Crippen molar-refractivity contribution in [3.63, 3.8) is 0 Å². The monoisotopic (exact) mass is 394 g/mol. The Hall–Kier alpha value is -2.95. The van der Waals surface area contributed by atoms with Crippen LogP contribution >= 0.6 is 0 Å². The number of H-pyrrole nitrogens is 1. The van der Waals surface area contributed by atoms with Crippen molar-refractivity contribution < 1.29 is 17.9 Å². The van der Waals surface area contributed by atoms with E-state index in [0.29, 0.717) is 17.3 Å². The number of aromatic nitrogens is 5. The zero-order valence-electron chi connectivity index (χ0n) is 14.7. The van der Waals surface area contributed by atoms with E-state index in [1.165, 1.54) is 12.3 Å². The number of halogens is 3. The van der Waals surface area contributed by atoms with Gasteiger partial charge in [0, 0.05) is 18.9 Å². The molecular weight excluding hydrogens is 377 g/mol. The molecule has 4 rings (SSSR count). The maximum Gasteiger partial charge on any atom is 0.422 e. The number of aromatic amines is 1. The van der Waals surface area contributed by atoms with Crippen LogP contribution in [0.15, 0.2) is 29.6 Å². The zero-order chi connectivity index (χ0) is 19.7. The van der Waals surface area contributed by atoms with Crippen LogP contribution in [0.1, 0.15) is 6.42 Å². The lowest BCUT2D eigenvalue weighted by Crippen LogP contribution is -2.21. The van der Waals surface area contributed by atoms with Crippen molar-refractivity contribution in [3.8, 4) is 17.4 Å². The molecule has 2 N–H and O–H groups in total. The zero-order valence-corrected chi connectivity index (χ0v) is 14.7. The minimum absolute atomic E-state index is 0.135. The van der Waals surface area contributed by atoms with Crippen LogP contribution in [0.4, 0.5) is 13.2 Å². The molecule has 8 nitrogen and oxygen atoms in total. The van der Waals surface area contributed by atoms with E-state index in [1.54, 1.807) is 12.5 Å². The lowest BCUT2D eigenvalue weighted by Gasteiger charge is -2.09. The first-order chi connectivity index (χ1) is 13.4. The maximum atomic E-state index is 12.4. The Kier molecular flexibility index (Phi) is 4.75. The van der Waals surface area contributed by atoms with E-state index in [2.05, 4.69) is 30.0 Å². The van der Waals surface area contributed by atoms with Gasteiger partial charge in [0.05, 0.1) is 11.7 Å². The highest BCUT2D eigenvalue weighted by atomic mass is 19.4. The highest BCUT2D eigenvalue weighted by Crippen LogP contribution is 2.24. The number of hydrogen-bond donors (Lipinski definition) is 2. The molecule has 1 unspecified atom stereocenters. The average molecular weight is 394 g/mol. The van der Waals surface area contributed by atoms with Crippen LogP contribution in [0.3, 0.4) is 0 Å². The molecule has 0 spiro atoms. The second-order valence-corrected chi connectivity index (χ2v) is 6.65. The molecule has 1 fully saturated rings. The summed E-state index contributed by atoms with van der Waals surface area (Å²) in [7, 11) is 0. The molecule has 4 heterocycles. The number of fused-ring (bicyclic) bond motifs is 1. The molecule has 0 amide bonds. The maximum absolute atomic E-state index is 12.4. The van der Waals surface area contributed by atoms with Crippen LogP contribution in [-0.4, -0.2) is 50.4 Å². The highest BCUT2D eigenvalue weighted by molar-refractivity contribution is 5.89. The van der Waals surface area contributed by atoms with Crippen molar-refractivity contribution >= 4 is 10.9 Å². The molecule has 3 aromatic heterocycles. The molecule has 0 aliphatic carbocycles. The molecule has 1 aliphatic heterocycles. The predicted molar refractivity (Wildman–Crippen MR) is 93.9 cm³/mol. The largest absolute Gasteiger partial charge is 0.455 e. The van der Waals surface area contributed by atoms with E-state index >= 15 is 0 Å². The van der Waals surface area contributed by atoms with Crippen LogP contribution in [-0.2, 0) is 6.54 Å². The Labute approximate surface area is 156 Å². The third-order valence-electron chi connectivity index (χ3n) is 4.48. The summed E-state index contributed by atoms with van der Waals surface area (Å²) in [6.07, 6.45) is 1.43. The molecule has 11 heteroatoms. The van der Waals surface area contributed by atoms with Gasteiger partial charge in [-0.05, 0) is 31.5 Å². The first-order valence-corrected chi connectivity index (χ1v) is 8.70. The Bertz CT molecular complexity index is 1040. The van der Waals surface area contributed by atoms with E-state index < -0.39 is 24.4 Å². The van der Waals surface area contributed by atoms with Crippen LogP contribution in [0, 0.1) is 5.92 Å². The third kappa shape index (κ3) is 3.98. The lowest BCUT2D eigenvalue weighted by molar-refractivity contribution is -0.154. The Morgan fingerprint density at radius 3 is 2.93 bits per heavy atom. The van der Waals surface area contributed by atoms with Gasteiger partial charge in [-0.2, -0.15) is 18.2 Å². The lowest BCUT2D eigenvalue weighted by atomic mass is 10.1. The molecule has 1 aliphatic rings. The molecule has 0 aromatic carbocycles. The molecule has 0 radical (unpaired) electrons. The summed E-state index contributed by atoms with van der Waals surface area (Å²) in [5, 5.41) is 3.50. The van der Waals surface area contributed by atoms with Gasteiger partial charge in [-0.3, -0.25) is 14.8 Å². The number of rotatable bonds is 5. The van der Waals surface area contributed by atoms with Gasteiger partial charge in [0.25, 0.3) is 11.6 Å². The van der Waals surface area contributed by atoms with Crippen molar-refractivity contribution in [1.82, 2.24) is 29.8 Å². The smallest absolute Gasteiger partial charge is 0.422 e. The van der Waals surface area contributed by atoms with E-state index in [1.807, 2.05) is 4.57 Å². The molecular formula is C17H17F3N6O2. The van der Waals surface area contributed by atoms with Crippen molar-refractivity contribution in [1.29, 1.82) is 0 Å². The number of nitrogens with zero attached hydrogens (tertiary/aromatic N) is 4. The summed E-state index contributed by atoms with van der Waals surface area (Å²) in [6, 6.07) is 0.930. The molecule has 1 saturated heterocycles. The topological polar surface area (TPSA) is 97.7 Å². The quantitative estimate of drug-likeness (QED) is 0.684. The summed E-state index contributed by atoms with van der Waals surface area (Å²) in [6.45, 7) is 1.17. The van der Waals surface area contributed by atoms with E-state index in [9.17, 15) is 18.0 Å².